The predicted molar refractivity (Wildman–Crippen MR) is 154 cm³/mol. The van der Waals surface area contributed by atoms with Crippen molar-refractivity contribution >= 4 is 31.5 Å². The molecule has 7 rings (SSSR count). The molecule has 3 heterocycles. The van der Waals surface area contributed by atoms with Crippen LogP contribution in [-0.2, 0) is 0 Å². The molecule has 0 atom stereocenters. The summed E-state index contributed by atoms with van der Waals surface area (Å²) in [4.78, 5) is 14.4. The largest absolute Gasteiger partial charge is 0.265 e. The first-order valence-electron chi connectivity index (χ1n) is 12.2. The van der Waals surface area contributed by atoms with Crippen LogP contribution in [0.1, 0.15) is 0 Å². The third-order valence-electron chi connectivity index (χ3n) is 6.63. The number of aromatic nitrogens is 3. The van der Waals surface area contributed by atoms with Crippen LogP contribution in [0, 0.1) is 0 Å². The number of hydrogen-bond donors (Lipinski definition) is 0. The van der Waals surface area contributed by atoms with Crippen LogP contribution in [0.4, 0.5) is 0 Å². The fraction of sp³-hybridized carbons (Fsp3) is 0. The van der Waals surface area contributed by atoms with Crippen LogP contribution >= 0.6 is 11.3 Å². The molecule has 0 bridgehead atoms. The molecule has 0 fully saturated rings. The van der Waals surface area contributed by atoms with Gasteiger partial charge in [-0.25, -0.2) is 9.97 Å². The summed E-state index contributed by atoms with van der Waals surface area (Å²) in [7, 11) is 0. The van der Waals surface area contributed by atoms with Gasteiger partial charge in [-0.1, -0.05) is 78.9 Å². The van der Waals surface area contributed by atoms with Crippen LogP contribution in [0.15, 0.2) is 128 Å². The van der Waals surface area contributed by atoms with Gasteiger partial charge in [-0.05, 0) is 47.5 Å². The van der Waals surface area contributed by atoms with Gasteiger partial charge in [-0.15, -0.1) is 11.3 Å². The van der Waals surface area contributed by atoms with Gasteiger partial charge in [0.25, 0.3) is 0 Å². The highest BCUT2D eigenvalue weighted by molar-refractivity contribution is 7.25. The maximum atomic E-state index is 5.13. The van der Waals surface area contributed by atoms with Crippen molar-refractivity contribution in [2.24, 2.45) is 0 Å². The van der Waals surface area contributed by atoms with Crippen LogP contribution < -0.4 is 0 Å². The first-order valence-corrected chi connectivity index (χ1v) is 13.0. The zero-order valence-corrected chi connectivity index (χ0v) is 20.7. The van der Waals surface area contributed by atoms with E-state index in [2.05, 4.69) is 83.8 Å². The van der Waals surface area contributed by atoms with Crippen molar-refractivity contribution in [1.82, 2.24) is 15.0 Å². The number of fused-ring (bicyclic) bond motifs is 3. The van der Waals surface area contributed by atoms with E-state index < -0.39 is 0 Å². The van der Waals surface area contributed by atoms with Gasteiger partial charge in [-0.3, -0.25) is 4.98 Å². The number of hydrogen-bond acceptors (Lipinski definition) is 4. The first-order chi connectivity index (χ1) is 18.3. The fourth-order valence-electron chi connectivity index (χ4n) is 4.82. The second-order valence-corrected chi connectivity index (χ2v) is 10.0. The van der Waals surface area contributed by atoms with Crippen molar-refractivity contribution in [3.63, 3.8) is 0 Å². The SMILES string of the molecule is c1ccc(-c2cc(-c3ccc4sc5ccccc5c4c3)nc(-c3ccccc3-c3ccncc3)n2)cc1. The van der Waals surface area contributed by atoms with Crippen LogP contribution in [0.5, 0.6) is 0 Å². The van der Waals surface area contributed by atoms with E-state index in [0.717, 1.165) is 39.2 Å². The van der Waals surface area contributed by atoms with E-state index in [1.807, 2.05) is 60.1 Å². The zero-order valence-electron chi connectivity index (χ0n) is 19.9. The highest BCUT2D eigenvalue weighted by atomic mass is 32.1. The minimum absolute atomic E-state index is 0.707. The lowest BCUT2D eigenvalue weighted by Gasteiger charge is -2.12. The Morgan fingerprint density at radius 3 is 1.97 bits per heavy atom. The Hall–Kier alpha value is -4.67. The van der Waals surface area contributed by atoms with E-state index in [9.17, 15) is 0 Å². The molecule has 174 valence electrons. The molecule has 0 saturated carbocycles. The quantitative estimate of drug-likeness (QED) is 0.247. The van der Waals surface area contributed by atoms with Crippen molar-refractivity contribution in [3.8, 4) is 45.0 Å². The summed E-state index contributed by atoms with van der Waals surface area (Å²) in [6.45, 7) is 0. The average Bonchev–Trinajstić information content (AvgIpc) is 3.36. The monoisotopic (exact) mass is 491 g/mol. The Morgan fingerprint density at radius 1 is 0.459 bits per heavy atom. The van der Waals surface area contributed by atoms with Crippen molar-refractivity contribution < 1.29 is 0 Å². The van der Waals surface area contributed by atoms with Crippen LogP contribution in [-0.4, -0.2) is 15.0 Å². The molecule has 4 heteroatoms. The molecule has 0 spiro atoms. The highest BCUT2D eigenvalue weighted by Gasteiger charge is 2.15. The summed E-state index contributed by atoms with van der Waals surface area (Å²) in [6.07, 6.45) is 3.64. The molecule has 4 aromatic carbocycles. The predicted octanol–water partition coefficient (Wildman–Crippen LogP) is 8.91. The van der Waals surface area contributed by atoms with E-state index in [-0.39, 0.29) is 0 Å². The lowest BCUT2D eigenvalue weighted by Crippen LogP contribution is -1.97. The van der Waals surface area contributed by atoms with Gasteiger partial charge in [0.05, 0.1) is 11.4 Å². The van der Waals surface area contributed by atoms with Gasteiger partial charge in [-0.2, -0.15) is 0 Å². The second kappa shape index (κ2) is 9.08. The molecule has 0 aliphatic heterocycles. The van der Waals surface area contributed by atoms with Crippen LogP contribution in [0.2, 0.25) is 0 Å². The summed E-state index contributed by atoms with van der Waals surface area (Å²) in [5, 5.41) is 2.54. The lowest BCUT2D eigenvalue weighted by atomic mass is 9.99. The summed E-state index contributed by atoms with van der Waals surface area (Å²) in [6, 6.07) is 40.0. The van der Waals surface area contributed by atoms with Crippen molar-refractivity contribution in [3.05, 3.63) is 128 Å². The van der Waals surface area contributed by atoms with Crippen molar-refractivity contribution in [2.45, 2.75) is 0 Å². The Kier molecular flexibility index (Phi) is 5.30. The van der Waals surface area contributed by atoms with Gasteiger partial charge in [0, 0.05) is 49.3 Å². The van der Waals surface area contributed by atoms with E-state index in [1.165, 1.54) is 20.2 Å². The summed E-state index contributed by atoms with van der Waals surface area (Å²) < 4.78 is 2.58. The summed E-state index contributed by atoms with van der Waals surface area (Å²) in [5.41, 5.74) is 7.13. The minimum atomic E-state index is 0.707. The average molecular weight is 492 g/mol. The van der Waals surface area contributed by atoms with Crippen molar-refractivity contribution in [2.75, 3.05) is 0 Å². The molecule has 0 saturated heterocycles. The first kappa shape index (κ1) is 21.6. The summed E-state index contributed by atoms with van der Waals surface area (Å²) >= 11 is 1.83. The molecule has 0 aliphatic carbocycles. The van der Waals surface area contributed by atoms with E-state index in [4.69, 9.17) is 9.97 Å². The van der Waals surface area contributed by atoms with Crippen LogP contribution in [0.25, 0.3) is 65.2 Å². The van der Waals surface area contributed by atoms with E-state index in [1.54, 1.807) is 0 Å². The number of pyridine rings is 1. The van der Waals surface area contributed by atoms with Gasteiger partial charge in [0.15, 0.2) is 5.82 Å². The Labute approximate surface area is 218 Å². The lowest BCUT2D eigenvalue weighted by molar-refractivity contribution is 1.18. The normalized spacial score (nSPS) is 11.2. The smallest absolute Gasteiger partial charge is 0.161 e. The molecule has 37 heavy (non-hydrogen) atoms. The third-order valence-corrected chi connectivity index (χ3v) is 7.78. The van der Waals surface area contributed by atoms with E-state index in [0.29, 0.717) is 5.82 Å². The minimum Gasteiger partial charge on any atom is -0.265 e. The Bertz CT molecular complexity index is 1880. The Balaban J connectivity index is 1.46. The fourth-order valence-corrected chi connectivity index (χ4v) is 5.91. The number of benzene rings is 4. The highest BCUT2D eigenvalue weighted by Crippen LogP contribution is 2.37. The van der Waals surface area contributed by atoms with Gasteiger partial charge in [0.2, 0.25) is 0 Å². The molecular formula is C33H21N3S. The van der Waals surface area contributed by atoms with Gasteiger partial charge >= 0.3 is 0 Å². The maximum absolute atomic E-state index is 5.13. The van der Waals surface area contributed by atoms with E-state index >= 15 is 0 Å². The molecule has 0 amide bonds. The second-order valence-electron chi connectivity index (χ2n) is 8.92. The molecule has 0 N–H and O–H groups in total. The molecule has 3 aromatic heterocycles. The Morgan fingerprint density at radius 2 is 1.14 bits per heavy atom. The molecule has 0 unspecified atom stereocenters. The maximum Gasteiger partial charge on any atom is 0.161 e. The number of thiophene rings is 1. The molecule has 0 aliphatic rings. The molecule has 3 nitrogen and oxygen atoms in total. The molecular weight excluding hydrogens is 470 g/mol. The van der Waals surface area contributed by atoms with Crippen molar-refractivity contribution in [1.29, 1.82) is 0 Å². The van der Waals surface area contributed by atoms with Crippen LogP contribution in [0.3, 0.4) is 0 Å². The summed E-state index contributed by atoms with van der Waals surface area (Å²) in [5.74, 6) is 0.707. The molecule has 0 radical (unpaired) electrons. The van der Waals surface area contributed by atoms with Gasteiger partial charge < -0.3 is 0 Å². The number of rotatable bonds is 4. The number of nitrogens with zero attached hydrogens (tertiary/aromatic N) is 3. The topological polar surface area (TPSA) is 38.7 Å². The molecule has 7 aromatic rings. The zero-order chi connectivity index (χ0) is 24.6. The third kappa shape index (κ3) is 3.98. The van der Waals surface area contributed by atoms with Gasteiger partial charge in [0.1, 0.15) is 0 Å². The standard InChI is InChI=1S/C33H21N3S/c1-2-8-23(9-3-1)29-21-30(24-14-15-32-28(20-24)26-11-6-7-13-31(26)37-32)36-33(35-29)27-12-5-4-10-25(27)22-16-18-34-19-17-22/h1-21H.